The topological polar surface area (TPSA) is 0 Å². The largest absolute Gasteiger partial charge is 0.135 e. The van der Waals surface area contributed by atoms with E-state index in [1.807, 2.05) is 6.92 Å². The van der Waals surface area contributed by atoms with Gasteiger partial charge in [0.1, 0.15) is 0 Å². The average molecular weight is 203 g/mol. The van der Waals surface area contributed by atoms with Gasteiger partial charge in [-0.1, -0.05) is 36.3 Å². The number of fused-ring (bicyclic) bond motifs is 3. The highest BCUT2D eigenvalue weighted by Crippen LogP contribution is 2.35. The van der Waals surface area contributed by atoms with Crippen molar-refractivity contribution in [2.45, 2.75) is 6.92 Å². The zero-order valence-electron chi connectivity index (χ0n) is 12.6. The standard InChI is InChI=1S/C13H10S/c1-9-5-4-7-11-10-6-2-3-8-12(10)14-13(9)11/h2-8H,1H3/i2D,4D,6D,7D,8D. The van der Waals surface area contributed by atoms with Crippen LogP contribution in [0.15, 0.2) is 42.3 Å². The molecule has 2 aromatic carbocycles. The van der Waals surface area contributed by atoms with E-state index in [1.54, 1.807) is 6.07 Å². The first-order valence-corrected chi connectivity index (χ1v) is 5.13. The van der Waals surface area contributed by atoms with Crippen molar-refractivity contribution >= 4 is 31.5 Å². The summed E-state index contributed by atoms with van der Waals surface area (Å²) in [5.41, 5.74) is 0.877. The third-order valence-electron chi connectivity index (χ3n) is 2.22. The lowest BCUT2D eigenvalue weighted by Gasteiger charge is -1.93. The summed E-state index contributed by atoms with van der Waals surface area (Å²) in [4.78, 5) is 0. The van der Waals surface area contributed by atoms with Gasteiger partial charge in [-0.25, -0.2) is 0 Å². The molecule has 0 spiro atoms. The van der Waals surface area contributed by atoms with Gasteiger partial charge in [-0.15, -0.1) is 11.3 Å². The van der Waals surface area contributed by atoms with Crippen molar-refractivity contribution in [2.24, 2.45) is 0 Å². The molecular formula is C13H10S. The Hall–Kier alpha value is -1.34. The van der Waals surface area contributed by atoms with E-state index >= 15 is 0 Å². The van der Waals surface area contributed by atoms with E-state index in [4.69, 9.17) is 6.85 Å². The Morgan fingerprint density at radius 1 is 1.14 bits per heavy atom. The van der Waals surface area contributed by atoms with Crippen LogP contribution < -0.4 is 0 Å². The highest BCUT2D eigenvalue weighted by atomic mass is 32.1. The second kappa shape index (κ2) is 2.82. The number of rotatable bonds is 0. The minimum atomic E-state index is -0.00960. The lowest BCUT2D eigenvalue weighted by molar-refractivity contribution is 1.56. The summed E-state index contributed by atoms with van der Waals surface area (Å²) >= 11 is 1.37. The van der Waals surface area contributed by atoms with Crippen LogP contribution in [-0.4, -0.2) is 0 Å². The number of benzene rings is 2. The van der Waals surface area contributed by atoms with Crippen LogP contribution in [0, 0.1) is 6.92 Å². The molecule has 0 unspecified atom stereocenters. The second-order valence-corrected chi connectivity index (χ2v) is 4.19. The van der Waals surface area contributed by atoms with Crippen LogP contribution in [0.1, 0.15) is 12.4 Å². The van der Waals surface area contributed by atoms with E-state index < -0.39 is 0 Å². The Bertz CT molecular complexity index is 766. The molecule has 1 heteroatoms. The van der Waals surface area contributed by atoms with Crippen molar-refractivity contribution < 1.29 is 6.85 Å². The lowest BCUT2D eigenvalue weighted by Crippen LogP contribution is -1.69. The molecule has 1 heterocycles. The number of thiophene rings is 1. The van der Waals surface area contributed by atoms with Crippen molar-refractivity contribution in [3.8, 4) is 0 Å². The number of aryl methyl sites for hydroxylation is 1. The molecule has 0 saturated heterocycles. The van der Waals surface area contributed by atoms with Crippen molar-refractivity contribution in [3.05, 3.63) is 47.9 Å². The van der Waals surface area contributed by atoms with E-state index in [9.17, 15) is 0 Å². The van der Waals surface area contributed by atoms with Gasteiger partial charge in [-0.2, -0.15) is 0 Å². The molecule has 1 aromatic heterocycles. The molecule has 14 heavy (non-hydrogen) atoms. The maximum Gasteiger partial charge on any atom is 0.0638 e. The van der Waals surface area contributed by atoms with E-state index in [0.717, 1.165) is 10.3 Å². The molecule has 0 atom stereocenters. The molecule has 68 valence electrons. The minimum Gasteiger partial charge on any atom is -0.135 e. The summed E-state index contributed by atoms with van der Waals surface area (Å²) < 4.78 is 41.0. The zero-order valence-corrected chi connectivity index (χ0v) is 8.38. The Morgan fingerprint density at radius 2 is 2.00 bits per heavy atom. The SMILES string of the molecule is [2H]c1cc([2H])c2sc3c(C)cc([2H])c([2H])c3c2c1[2H]. The first-order valence-electron chi connectivity index (χ1n) is 6.81. The second-order valence-electron chi connectivity index (χ2n) is 3.17. The average Bonchev–Trinajstić information content (AvgIpc) is 2.75. The molecule has 0 aliphatic carbocycles. The van der Waals surface area contributed by atoms with Crippen molar-refractivity contribution in [1.29, 1.82) is 0 Å². The Kier molecular flexibility index (Phi) is 0.898. The van der Waals surface area contributed by atoms with E-state index in [-0.39, 0.29) is 30.2 Å². The van der Waals surface area contributed by atoms with Crippen molar-refractivity contribution in [2.75, 3.05) is 0 Å². The Morgan fingerprint density at radius 3 is 2.93 bits per heavy atom. The summed E-state index contributed by atoms with van der Waals surface area (Å²) in [7, 11) is 0. The van der Waals surface area contributed by atoms with Gasteiger partial charge in [0.15, 0.2) is 0 Å². The van der Waals surface area contributed by atoms with E-state index in [1.165, 1.54) is 17.4 Å². The summed E-state index contributed by atoms with van der Waals surface area (Å²) in [6.45, 7) is 1.87. The molecule has 0 radical (unpaired) electrons. The van der Waals surface area contributed by atoms with Crippen LogP contribution in [0.4, 0.5) is 0 Å². The van der Waals surface area contributed by atoms with Gasteiger partial charge in [0.2, 0.25) is 0 Å². The predicted molar refractivity (Wildman–Crippen MR) is 64.1 cm³/mol. The van der Waals surface area contributed by atoms with E-state index in [2.05, 4.69) is 0 Å². The predicted octanol–water partition coefficient (Wildman–Crippen LogP) is 4.36. The summed E-state index contributed by atoms with van der Waals surface area (Å²) in [6, 6.07) is 3.43. The van der Waals surface area contributed by atoms with Crippen LogP contribution in [0.2, 0.25) is 0 Å². The van der Waals surface area contributed by atoms with Crippen LogP contribution in [0.5, 0.6) is 0 Å². The number of hydrogen-bond donors (Lipinski definition) is 0. The molecular weight excluding hydrogens is 188 g/mol. The van der Waals surface area contributed by atoms with E-state index in [0.29, 0.717) is 15.5 Å². The third kappa shape index (κ3) is 0.992. The highest BCUT2D eigenvalue weighted by molar-refractivity contribution is 7.26. The fraction of sp³-hybridized carbons (Fsp3) is 0.0769. The Labute approximate surface area is 93.8 Å². The van der Waals surface area contributed by atoms with Crippen molar-refractivity contribution in [3.63, 3.8) is 0 Å². The molecule has 3 rings (SSSR count). The third-order valence-corrected chi connectivity index (χ3v) is 3.48. The fourth-order valence-electron chi connectivity index (χ4n) is 1.54. The molecule has 0 saturated carbocycles. The Balaban J connectivity index is 2.71. The van der Waals surface area contributed by atoms with Crippen LogP contribution >= 0.6 is 11.3 Å². The number of hydrogen-bond acceptors (Lipinski definition) is 1. The summed E-state index contributed by atoms with van der Waals surface area (Å²) in [5, 5.41) is 1.01. The lowest BCUT2D eigenvalue weighted by atomic mass is 10.1. The molecule has 3 aromatic rings. The molecule has 0 aliphatic heterocycles. The van der Waals surface area contributed by atoms with Crippen molar-refractivity contribution in [1.82, 2.24) is 0 Å². The normalized spacial score (nSPS) is 16.2. The smallest absolute Gasteiger partial charge is 0.0638 e. The van der Waals surface area contributed by atoms with Gasteiger partial charge in [-0.05, 0) is 18.5 Å². The van der Waals surface area contributed by atoms with Gasteiger partial charge < -0.3 is 0 Å². The first-order chi connectivity index (χ1) is 8.91. The van der Waals surface area contributed by atoms with Crippen LogP contribution in [0.3, 0.4) is 0 Å². The maximum atomic E-state index is 8.03. The highest BCUT2D eigenvalue weighted by Gasteiger charge is 2.04. The van der Waals surface area contributed by atoms with Gasteiger partial charge in [0, 0.05) is 20.2 Å². The molecule has 0 N–H and O–H groups in total. The molecule has 0 amide bonds. The zero-order chi connectivity index (χ0) is 13.9. The van der Waals surface area contributed by atoms with Crippen LogP contribution in [0.25, 0.3) is 20.2 Å². The molecule has 0 nitrogen and oxygen atoms in total. The molecule has 0 fully saturated rings. The monoisotopic (exact) mass is 203 g/mol. The van der Waals surface area contributed by atoms with Gasteiger partial charge in [-0.3, -0.25) is 0 Å². The maximum absolute atomic E-state index is 8.03. The molecule has 0 aliphatic rings. The van der Waals surface area contributed by atoms with Gasteiger partial charge in [0.25, 0.3) is 0 Å². The first kappa shape index (κ1) is 4.45. The minimum absolute atomic E-state index is 0.00960. The summed E-state index contributed by atoms with van der Waals surface area (Å²) in [5.74, 6) is 0. The quantitative estimate of drug-likeness (QED) is 0.509. The fourth-order valence-corrected chi connectivity index (χ4v) is 2.59. The van der Waals surface area contributed by atoms with Gasteiger partial charge >= 0.3 is 0 Å². The molecule has 0 bridgehead atoms. The van der Waals surface area contributed by atoms with Crippen LogP contribution in [-0.2, 0) is 0 Å². The summed E-state index contributed by atoms with van der Waals surface area (Å²) in [6.07, 6.45) is 0. The van der Waals surface area contributed by atoms with Gasteiger partial charge in [0.05, 0.1) is 6.85 Å².